The minimum atomic E-state index is -4.77. The number of hydrogen-bond acceptors (Lipinski definition) is 4. The van der Waals surface area contributed by atoms with Crippen LogP contribution in [0.3, 0.4) is 0 Å². The van der Waals surface area contributed by atoms with Gasteiger partial charge in [0.1, 0.15) is 5.69 Å². The smallest absolute Gasteiger partial charge is 0.290 e. The van der Waals surface area contributed by atoms with Gasteiger partial charge in [-0.1, -0.05) is 43.3 Å². The lowest BCUT2D eigenvalue weighted by Gasteiger charge is -2.16. The van der Waals surface area contributed by atoms with Gasteiger partial charge in [-0.15, -0.1) is 0 Å². The largest absolute Gasteiger partial charge is 0.434 e. The molecule has 0 spiro atoms. The van der Waals surface area contributed by atoms with Gasteiger partial charge in [-0.2, -0.15) is 13.2 Å². The van der Waals surface area contributed by atoms with E-state index in [0.717, 1.165) is 17.3 Å². The molecule has 1 aromatic carbocycles. The molecule has 0 bridgehead atoms. The van der Waals surface area contributed by atoms with Crippen molar-refractivity contribution in [1.82, 2.24) is 19.5 Å². The monoisotopic (exact) mass is 424 g/mol. The minimum Gasteiger partial charge on any atom is -0.290 e. The summed E-state index contributed by atoms with van der Waals surface area (Å²) in [4.78, 5) is 25.7. The highest BCUT2D eigenvalue weighted by atomic mass is 19.4. The predicted octanol–water partition coefficient (Wildman–Crippen LogP) is 4.68. The normalized spacial score (nSPS) is 11.7. The minimum absolute atomic E-state index is 0.0500. The fourth-order valence-corrected chi connectivity index (χ4v) is 3.58. The van der Waals surface area contributed by atoms with Gasteiger partial charge in [-0.3, -0.25) is 19.3 Å². The SMILES string of the molecule is CCc1cccnc1-c1nc2ccnc(C(F)(F)F)c2c(=O)n1CCc1ccccc1. The van der Waals surface area contributed by atoms with Crippen molar-refractivity contribution in [2.45, 2.75) is 32.5 Å². The van der Waals surface area contributed by atoms with Crippen LogP contribution >= 0.6 is 0 Å². The number of halogens is 3. The van der Waals surface area contributed by atoms with Gasteiger partial charge in [0.15, 0.2) is 11.5 Å². The first-order chi connectivity index (χ1) is 14.9. The van der Waals surface area contributed by atoms with Crippen LogP contribution in [0.15, 0.2) is 65.7 Å². The van der Waals surface area contributed by atoms with Crippen LogP contribution in [0, 0.1) is 0 Å². The standard InChI is InChI=1S/C23H19F3N4O/c1-2-16-9-6-12-27-19(16)21-29-17-10-13-28-20(23(24,25)26)18(17)22(31)30(21)14-11-15-7-4-3-5-8-15/h3-10,12-13H,2,11,14H2,1H3. The van der Waals surface area contributed by atoms with Gasteiger partial charge in [0.25, 0.3) is 5.56 Å². The third-order valence-corrected chi connectivity index (χ3v) is 5.09. The molecule has 31 heavy (non-hydrogen) atoms. The maximum absolute atomic E-state index is 13.6. The molecule has 8 heteroatoms. The molecule has 0 unspecified atom stereocenters. The Morgan fingerprint density at radius 2 is 1.74 bits per heavy atom. The highest BCUT2D eigenvalue weighted by Gasteiger charge is 2.36. The van der Waals surface area contributed by atoms with Crippen LogP contribution in [0.2, 0.25) is 0 Å². The Kier molecular flexibility index (Phi) is 5.54. The van der Waals surface area contributed by atoms with Gasteiger partial charge in [-0.25, -0.2) is 4.98 Å². The Balaban J connectivity index is 1.98. The fourth-order valence-electron chi connectivity index (χ4n) is 3.58. The maximum atomic E-state index is 13.6. The Labute approximate surface area is 176 Å². The molecule has 0 aliphatic heterocycles. The summed E-state index contributed by atoms with van der Waals surface area (Å²) < 4.78 is 42.0. The summed E-state index contributed by atoms with van der Waals surface area (Å²) in [5.41, 5.74) is 0.253. The molecule has 3 aromatic heterocycles. The number of aryl methyl sites for hydroxylation is 2. The average Bonchev–Trinajstić information content (AvgIpc) is 2.78. The zero-order valence-electron chi connectivity index (χ0n) is 16.7. The first-order valence-electron chi connectivity index (χ1n) is 9.85. The fraction of sp³-hybridized carbons (Fsp3) is 0.217. The van der Waals surface area contributed by atoms with E-state index in [0.29, 0.717) is 18.5 Å². The summed E-state index contributed by atoms with van der Waals surface area (Å²) in [6.07, 6.45) is -1.07. The van der Waals surface area contributed by atoms with Crippen molar-refractivity contribution in [1.29, 1.82) is 0 Å². The summed E-state index contributed by atoms with van der Waals surface area (Å²) in [5.74, 6) is 0.255. The molecule has 0 radical (unpaired) electrons. The summed E-state index contributed by atoms with van der Waals surface area (Å²) in [6.45, 7) is 2.10. The second kappa shape index (κ2) is 8.29. The summed E-state index contributed by atoms with van der Waals surface area (Å²) in [7, 11) is 0. The number of aromatic nitrogens is 4. The molecule has 4 aromatic rings. The Bertz CT molecular complexity index is 1280. The molecule has 0 amide bonds. The van der Waals surface area contributed by atoms with Gasteiger partial charge in [0, 0.05) is 18.9 Å². The molecular weight excluding hydrogens is 405 g/mol. The van der Waals surface area contributed by atoms with Crippen LogP contribution in [0.5, 0.6) is 0 Å². The Morgan fingerprint density at radius 3 is 2.45 bits per heavy atom. The van der Waals surface area contributed by atoms with E-state index in [1.807, 2.05) is 43.3 Å². The molecule has 0 aliphatic rings. The predicted molar refractivity (Wildman–Crippen MR) is 112 cm³/mol. The third kappa shape index (κ3) is 4.05. The van der Waals surface area contributed by atoms with Crippen LogP contribution < -0.4 is 5.56 Å². The van der Waals surface area contributed by atoms with Crippen molar-refractivity contribution in [3.05, 3.63) is 88.1 Å². The average molecular weight is 424 g/mol. The van der Waals surface area contributed by atoms with E-state index in [1.165, 1.54) is 10.6 Å². The van der Waals surface area contributed by atoms with E-state index < -0.39 is 22.8 Å². The van der Waals surface area contributed by atoms with Crippen molar-refractivity contribution < 1.29 is 13.2 Å². The lowest BCUT2D eigenvalue weighted by Crippen LogP contribution is -2.27. The maximum Gasteiger partial charge on any atom is 0.434 e. The molecule has 0 atom stereocenters. The van der Waals surface area contributed by atoms with Gasteiger partial charge < -0.3 is 0 Å². The lowest BCUT2D eigenvalue weighted by molar-refractivity contribution is -0.139. The van der Waals surface area contributed by atoms with Gasteiger partial charge in [0.2, 0.25) is 0 Å². The highest BCUT2D eigenvalue weighted by molar-refractivity contribution is 5.82. The Morgan fingerprint density at radius 1 is 0.968 bits per heavy atom. The van der Waals surface area contributed by atoms with Crippen molar-refractivity contribution in [2.24, 2.45) is 0 Å². The van der Waals surface area contributed by atoms with Crippen molar-refractivity contribution >= 4 is 10.9 Å². The van der Waals surface area contributed by atoms with E-state index in [2.05, 4.69) is 15.0 Å². The second-order valence-electron chi connectivity index (χ2n) is 7.04. The number of hydrogen-bond donors (Lipinski definition) is 0. The summed E-state index contributed by atoms with van der Waals surface area (Å²) in [5, 5.41) is -0.527. The Hall–Kier alpha value is -3.55. The number of nitrogens with zero attached hydrogens (tertiary/aromatic N) is 4. The number of pyridine rings is 2. The van der Waals surface area contributed by atoms with Gasteiger partial charge >= 0.3 is 6.18 Å². The van der Waals surface area contributed by atoms with Gasteiger partial charge in [0.05, 0.1) is 10.9 Å². The molecule has 3 heterocycles. The van der Waals surface area contributed by atoms with E-state index in [9.17, 15) is 18.0 Å². The molecule has 0 saturated carbocycles. The molecule has 0 N–H and O–H groups in total. The van der Waals surface area contributed by atoms with Gasteiger partial charge in [-0.05, 0) is 36.1 Å². The number of fused-ring (bicyclic) bond motifs is 1. The van der Waals surface area contributed by atoms with E-state index in [-0.39, 0.29) is 17.9 Å². The second-order valence-corrected chi connectivity index (χ2v) is 7.04. The van der Waals surface area contributed by atoms with E-state index >= 15 is 0 Å². The zero-order valence-corrected chi connectivity index (χ0v) is 16.7. The lowest BCUT2D eigenvalue weighted by atomic mass is 10.1. The molecule has 158 valence electrons. The van der Waals surface area contributed by atoms with Crippen LogP contribution in [-0.4, -0.2) is 19.5 Å². The molecule has 5 nitrogen and oxygen atoms in total. The molecule has 0 fully saturated rings. The molecular formula is C23H19F3N4O. The molecule has 0 saturated heterocycles. The zero-order chi connectivity index (χ0) is 22.0. The van der Waals surface area contributed by atoms with Crippen LogP contribution in [0.25, 0.3) is 22.4 Å². The number of rotatable bonds is 5. The summed E-state index contributed by atoms with van der Waals surface area (Å²) in [6, 6.07) is 14.4. The first kappa shape index (κ1) is 20.7. The summed E-state index contributed by atoms with van der Waals surface area (Å²) >= 11 is 0. The van der Waals surface area contributed by atoms with E-state index in [1.54, 1.807) is 12.3 Å². The third-order valence-electron chi connectivity index (χ3n) is 5.09. The van der Waals surface area contributed by atoms with Crippen LogP contribution in [0.1, 0.15) is 23.7 Å². The number of benzene rings is 1. The van der Waals surface area contributed by atoms with E-state index in [4.69, 9.17) is 0 Å². The first-order valence-corrected chi connectivity index (χ1v) is 9.85. The topological polar surface area (TPSA) is 60.7 Å². The van der Waals surface area contributed by atoms with Crippen molar-refractivity contribution in [3.8, 4) is 11.5 Å². The highest BCUT2D eigenvalue weighted by Crippen LogP contribution is 2.32. The van der Waals surface area contributed by atoms with Crippen molar-refractivity contribution in [3.63, 3.8) is 0 Å². The number of alkyl halides is 3. The quantitative estimate of drug-likeness (QED) is 0.467. The van der Waals surface area contributed by atoms with Crippen LogP contribution in [-0.2, 0) is 25.6 Å². The molecule has 0 aliphatic carbocycles. The van der Waals surface area contributed by atoms with Crippen molar-refractivity contribution in [2.75, 3.05) is 0 Å². The van der Waals surface area contributed by atoms with Crippen LogP contribution in [0.4, 0.5) is 13.2 Å². The molecule has 4 rings (SSSR count).